The molecule has 1 fully saturated rings. The Bertz CT molecular complexity index is 1210. The molecule has 3 aromatic heterocycles. The molecule has 1 aliphatic rings. The van der Waals surface area contributed by atoms with Crippen molar-refractivity contribution in [1.29, 1.82) is 0 Å². The van der Waals surface area contributed by atoms with Crippen molar-refractivity contribution in [2.45, 2.75) is 24.8 Å². The lowest BCUT2D eigenvalue weighted by molar-refractivity contribution is 0.0902. The summed E-state index contributed by atoms with van der Waals surface area (Å²) in [5.74, 6) is 1.29. The number of amides is 1. The average Bonchev–Trinajstić information content (AvgIpc) is 3.21. The van der Waals surface area contributed by atoms with Gasteiger partial charge in [-0.2, -0.15) is 0 Å². The molecule has 1 N–H and O–H groups in total. The van der Waals surface area contributed by atoms with Crippen LogP contribution in [0, 0.1) is 0 Å². The van der Waals surface area contributed by atoms with Gasteiger partial charge < -0.3 is 5.32 Å². The van der Waals surface area contributed by atoms with Crippen molar-refractivity contribution in [3.05, 3.63) is 78.0 Å². The molecule has 0 aliphatic heterocycles. The molecule has 1 aliphatic carbocycles. The molecule has 0 unspecified atom stereocenters. The average molecular weight is 433 g/mol. The van der Waals surface area contributed by atoms with Crippen LogP contribution in [0.4, 0.5) is 0 Å². The maximum Gasteiger partial charge on any atom is 0.270 e. The maximum absolute atomic E-state index is 12.3. The first-order valence-electron chi connectivity index (χ1n) is 9.74. The molecule has 1 saturated carbocycles. The zero-order valence-electron chi connectivity index (χ0n) is 16.3. The van der Waals surface area contributed by atoms with E-state index in [0.29, 0.717) is 22.2 Å². The molecule has 0 saturated heterocycles. The Hall–Kier alpha value is -3.72. The Labute approximate surface area is 182 Å². The first-order chi connectivity index (χ1) is 15.2. The van der Waals surface area contributed by atoms with Crippen LogP contribution in [0.1, 0.15) is 35.1 Å². The number of benzene rings is 1. The van der Waals surface area contributed by atoms with Gasteiger partial charge in [-0.05, 0) is 37.1 Å². The summed E-state index contributed by atoms with van der Waals surface area (Å²) in [6, 6.07) is 11.0. The first kappa shape index (κ1) is 19.3. The Balaban J connectivity index is 1.41. The van der Waals surface area contributed by atoms with E-state index >= 15 is 0 Å². The molecule has 154 valence electrons. The summed E-state index contributed by atoms with van der Waals surface area (Å²) < 4.78 is 1.94. The molecule has 0 atom stereocenters. The Kier molecular flexibility index (Phi) is 5.09. The molecule has 4 aromatic rings. The van der Waals surface area contributed by atoms with Gasteiger partial charge in [0, 0.05) is 24.4 Å². The minimum atomic E-state index is -0.208. The van der Waals surface area contributed by atoms with Crippen LogP contribution < -0.4 is 5.32 Å². The Morgan fingerprint density at radius 1 is 1.00 bits per heavy atom. The summed E-state index contributed by atoms with van der Waals surface area (Å²) in [5, 5.41) is 12.5. The number of nitrogens with zero attached hydrogens (tertiary/aromatic N) is 7. The number of hydrogen-bond acceptors (Lipinski definition) is 7. The molecule has 5 rings (SSSR count). The van der Waals surface area contributed by atoms with Crippen molar-refractivity contribution in [1.82, 2.24) is 40.0 Å². The summed E-state index contributed by atoms with van der Waals surface area (Å²) in [6.07, 6.45) is 7.52. The summed E-state index contributed by atoms with van der Waals surface area (Å²) in [4.78, 5) is 28.5. The number of rotatable bonds is 5. The number of para-hydroxylation sites is 1. The van der Waals surface area contributed by atoms with E-state index in [1.54, 1.807) is 24.5 Å². The van der Waals surface area contributed by atoms with E-state index in [2.05, 4.69) is 35.5 Å². The van der Waals surface area contributed by atoms with Gasteiger partial charge in [0.05, 0.1) is 10.7 Å². The van der Waals surface area contributed by atoms with E-state index < -0.39 is 0 Å². The van der Waals surface area contributed by atoms with Crippen LogP contribution in [-0.2, 0) is 0 Å². The fourth-order valence-electron chi connectivity index (χ4n) is 3.65. The lowest BCUT2D eigenvalue weighted by atomic mass is 9.79. The van der Waals surface area contributed by atoms with Gasteiger partial charge in [-0.25, -0.2) is 19.9 Å². The molecule has 3 heterocycles. The number of nitrogens with one attached hydrogen (secondary N) is 1. The number of halogens is 1. The Morgan fingerprint density at radius 3 is 2.48 bits per heavy atom. The van der Waals surface area contributed by atoms with Crippen LogP contribution in [0.5, 0.6) is 0 Å². The quantitative estimate of drug-likeness (QED) is 0.516. The molecule has 9 nitrogen and oxygen atoms in total. The van der Waals surface area contributed by atoms with E-state index in [0.717, 1.165) is 24.4 Å². The number of aromatic nitrogens is 7. The van der Waals surface area contributed by atoms with Crippen molar-refractivity contribution >= 4 is 17.5 Å². The largest absolute Gasteiger partial charge is 0.348 e. The van der Waals surface area contributed by atoms with E-state index in [1.807, 2.05) is 28.8 Å². The predicted molar refractivity (Wildman–Crippen MR) is 113 cm³/mol. The van der Waals surface area contributed by atoms with Crippen molar-refractivity contribution in [2.24, 2.45) is 0 Å². The predicted octanol–water partition coefficient (Wildman–Crippen LogP) is 2.84. The van der Waals surface area contributed by atoms with Gasteiger partial charge in [0.1, 0.15) is 29.9 Å². The van der Waals surface area contributed by atoms with Crippen LogP contribution in [0.2, 0.25) is 5.02 Å². The Morgan fingerprint density at radius 2 is 1.77 bits per heavy atom. The van der Waals surface area contributed by atoms with Gasteiger partial charge in [0.15, 0.2) is 5.82 Å². The topological polar surface area (TPSA) is 111 Å². The second-order valence-electron chi connectivity index (χ2n) is 7.20. The normalized spacial score (nSPS) is 17.7. The maximum atomic E-state index is 12.3. The van der Waals surface area contributed by atoms with Crippen molar-refractivity contribution in [2.75, 3.05) is 0 Å². The fourth-order valence-corrected chi connectivity index (χ4v) is 3.87. The van der Waals surface area contributed by atoms with Gasteiger partial charge in [0.2, 0.25) is 0 Å². The zero-order valence-corrected chi connectivity index (χ0v) is 17.0. The monoisotopic (exact) mass is 432 g/mol. The highest BCUT2D eigenvalue weighted by atomic mass is 35.5. The van der Waals surface area contributed by atoms with Crippen LogP contribution in [-0.4, -0.2) is 46.6 Å². The van der Waals surface area contributed by atoms with Crippen molar-refractivity contribution < 1.29 is 4.79 Å². The van der Waals surface area contributed by atoms with E-state index in [-0.39, 0.29) is 17.9 Å². The molecular formula is C21H17ClN8O. The van der Waals surface area contributed by atoms with Gasteiger partial charge in [-0.1, -0.05) is 23.7 Å². The lowest BCUT2D eigenvalue weighted by Crippen LogP contribution is -2.44. The van der Waals surface area contributed by atoms with Crippen molar-refractivity contribution in [3.63, 3.8) is 0 Å². The summed E-state index contributed by atoms with van der Waals surface area (Å²) in [7, 11) is 0. The highest BCUT2D eigenvalue weighted by molar-refractivity contribution is 6.32. The van der Waals surface area contributed by atoms with E-state index in [4.69, 9.17) is 11.6 Å². The third-order valence-corrected chi connectivity index (χ3v) is 5.57. The highest BCUT2D eigenvalue weighted by Gasteiger charge is 2.36. The standard InChI is InChI=1S/C21H17ClN8O/c22-15-3-1-2-4-18(15)30-19(28-29-20(30)16-5-7-23-11-25-16)13-9-14(10-13)27-21(31)17-6-8-24-12-26-17/h1-8,11-14H,9-10H2,(H,27,31). The summed E-state index contributed by atoms with van der Waals surface area (Å²) in [6.45, 7) is 0. The van der Waals surface area contributed by atoms with E-state index in [9.17, 15) is 4.79 Å². The minimum absolute atomic E-state index is 0.0337. The minimum Gasteiger partial charge on any atom is -0.348 e. The fraction of sp³-hybridized carbons (Fsp3) is 0.190. The van der Waals surface area contributed by atoms with Crippen LogP contribution in [0.3, 0.4) is 0 Å². The molecule has 10 heteroatoms. The van der Waals surface area contributed by atoms with Crippen LogP contribution in [0.15, 0.2) is 61.4 Å². The highest BCUT2D eigenvalue weighted by Crippen LogP contribution is 2.39. The van der Waals surface area contributed by atoms with Gasteiger partial charge >= 0.3 is 0 Å². The molecule has 0 bridgehead atoms. The summed E-state index contributed by atoms with van der Waals surface area (Å²) in [5.41, 5.74) is 1.79. The molecule has 1 amide bonds. The van der Waals surface area contributed by atoms with Crippen LogP contribution in [0.25, 0.3) is 17.2 Å². The zero-order chi connectivity index (χ0) is 21.2. The molecule has 1 aromatic carbocycles. The van der Waals surface area contributed by atoms with Gasteiger partial charge in [-0.15, -0.1) is 10.2 Å². The molecule has 0 spiro atoms. The third-order valence-electron chi connectivity index (χ3n) is 5.25. The lowest BCUT2D eigenvalue weighted by Gasteiger charge is -2.35. The SMILES string of the molecule is O=C(NC1CC(c2nnc(-c3ccncn3)n2-c2ccccc2Cl)C1)c1ccncn1. The van der Waals surface area contributed by atoms with Crippen molar-refractivity contribution in [3.8, 4) is 17.2 Å². The molecular weight excluding hydrogens is 416 g/mol. The molecule has 0 radical (unpaired) electrons. The van der Waals surface area contributed by atoms with E-state index in [1.165, 1.54) is 12.7 Å². The number of carbonyl (C=O) groups is 1. The second-order valence-corrected chi connectivity index (χ2v) is 7.60. The van der Waals surface area contributed by atoms with Gasteiger partial charge in [0.25, 0.3) is 5.91 Å². The first-order valence-corrected chi connectivity index (χ1v) is 10.1. The number of carbonyl (C=O) groups excluding carboxylic acids is 1. The number of hydrogen-bond donors (Lipinski definition) is 1. The second kappa shape index (κ2) is 8.19. The van der Waals surface area contributed by atoms with Crippen LogP contribution >= 0.6 is 11.6 Å². The van der Waals surface area contributed by atoms with Gasteiger partial charge in [-0.3, -0.25) is 9.36 Å². The smallest absolute Gasteiger partial charge is 0.270 e. The third kappa shape index (κ3) is 3.75. The molecule has 31 heavy (non-hydrogen) atoms. The summed E-state index contributed by atoms with van der Waals surface area (Å²) >= 11 is 6.50.